The molecule has 160 valence electrons. The number of halogens is 1. The van der Waals surface area contributed by atoms with Crippen LogP contribution >= 0.6 is 22.9 Å². The number of carboxylic acid groups (broad SMARTS) is 1. The average molecular weight is 460 g/mol. The Morgan fingerprint density at radius 1 is 1.23 bits per heavy atom. The quantitative estimate of drug-likeness (QED) is 0.574. The van der Waals surface area contributed by atoms with E-state index in [0.717, 1.165) is 31.1 Å². The third-order valence-corrected chi connectivity index (χ3v) is 5.93. The highest BCUT2D eigenvalue weighted by atomic mass is 35.5. The highest BCUT2D eigenvalue weighted by Gasteiger charge is 2.24. The molecule has 2 aromatic heterocycles. The number of carboxylic acids is 1. The first-order valence-electron chi connectivity index (χ1n) is 9.48. The van der Waals surface area contributed by atoms with Crippen molar-refractivity contribution in [1.29, 1.82) is 0 Å². The first kappa shape index (κ1) is 21.0. The van der Waals surface area contributed by atoms with Crippen molar-refractivity contribution >= 4 is 45.6 Å². The molecule has 0 bridgehead atoms. The monoisotopic (exact) mass is 459 g/mol. The number of amides is 1. The molecule has 1 saturated heterocycles. The first-order valence-corrected chi connectivity index (χ1v) is 10.7. The number of aromatic nitrogens is 3. The van der Waals surface area contributed by atoms with Gasteiger partial charge in [-0.1, -0.05) is 11.6 Å². The zero-order chi connectivity index (χ0) is 21.8. The number of ether oxygens (including phenoxy) is 1. The van der Waals surface area contributed by atoms with Crippen LogP contribution in [0.4, 0.5) is 10.8 Å². The normalized spacial score (nSPS) is 14.3. The lowest BCUT2D eigenvalue weighted by atomic mass is 10.1. The zero-order valence-corrected chi connectivity index (χ0v) is 17.8. The third kappa shape index (κ3) is 5.09. The topological polar surface area (TPSA) is 118 Å². The number of rotatable bonds is 6. The summed E-state index contributed by atoms with van der Waals surface area (Å²) in [5.41, 5.74) is 0.645. The largest absolute Gasteiger partial charge is 0.478 e. The van der Waals surface area contributed by atoms with Crippen LogP contribution in [0.2, 0.25) is 5.02 Å². The fourth-order valence-electron chi connectivity index (χ4n) is 3.11. The smallest absolute Gasteiger partial charge is 0.335 e. The second kappa shape index (κ2) is 9.27. The zero-order valence-electron chi connectivity index (χ0n) is 16.2. The van der Waals surface area contributed by atoms with Crippen LogP contribution in [0.5, 0.6) is 6.01 Å². The van der Waals surface area contributed by atoms with E-state index in [0.29, 0.717) is 11.7 Å². The van der Waals surface area contributed by atoms with Crippen molar-refractivity contribution in [1.82, 2.24) is 15.0 Å². The van der Waals surface area contributed by atoms with Crippen molar-refractivity contribution < 1.29 is 19.4 Å². The van der Waals surface area contributed by atoms with E-state index < -0.39 is 11.9 Å². The summed E-state index contributed by atoms with van der Waals surface area (Å²) in [5, 5.41) is 14.3. The average Bonchev–Trinajstić information content (AvgIpc) is 3.27. The molecule has 31 heavy (non-hydrogen) atoms. The van der Waals surface area contributed by atoms with Gasteiger partial charge < -0.3 is 20.1 Å². The van der Waals surface area contributed by atoms with Crippen LogP contribution in [0, 0.1) is 0 Å². The molecule has 2 N–H and O–H groups in total. The minimum absolute atomic E-state index is 0.0392. The second-order valence-electron chi connectivity index (χ2n) is 6.80. The number of benzene rings is 1. The number of thiazole rings is 1. The molecule has 11 heteroatoms. The molecule has 1 amide bonds. The Kier molecular flexibility index (Phi) is 6.28. The molecule has 4 rings (SSSR count). The lowest BCUT2D eigenvalue weighted by molar-refractivity contribution is 0.0696. The number of nitrogens with zero attached hydrogens (tertiary/aromatic N) is 4. The van der Waals surface area contributed by atoms with E-state index in [-0.39, 0.29) is 22.4 Å². The van der Waals surface area contributed by atoms with Crippen LogP contribution in [0.25, 0.3) is 0 Å². The van der Waals surface area contributed by atoms with E-state index in [1.807, 2.05) is 0 Å². The Hall–Kier alpha value is -3.24. The molecular formula is C20H18ClN5O4S. The lowest BCUT2D eigenvalue weighted by Crippen LogP contribution is -2.38. The maximum Gasteiger partial charge on any atom is 0.335 e. The molecule has 1 fully saturated rings. The van der Waals surface area contributed by atoms with Crippen molar-refractivity contribution in [3.63, 3.8) is 0 Å². The highest BCUT2D eigenvalue weighted by Crippen LogP contribution is 2.27. The fraction of sp³-hybridized carbons (Fsp3) is 0.250. The van der Waals surface area contributed by atoms with Crippen molar-refractivity contribution in [3.8, 4) is 6.01 Å². The fourth-order valence-corrected chi connectivity index (χ4v) is 4.20. The predicted octanol–water partition coefficient (Wildman–Crippen LogP) is 3.58. The van der Waals surface area contributed by atoms with E-state index in [9.17, 15) is 9.59 Å². The molecule has 0 saturated carbocycles. The van der Waals surface area contributed by atoms with Gasteiger partial charge in [-0.2, -0.15) is 0 Å². The summed E-state index contributed by atoms with van der Waals surface area (Å²) in [7, 11) is 0. The molecule has 0 spiro atoms. The minimum Gasteiger partial charge on any atom is -0.478 e. The standard InChI is InChI=1S/C20H18ClN5O4S/c21-14-10-12(18(28)29)2-3-15(14)24-17(27)16-11-31-20(25-16)26-8-4-13(5-9-26)30-19-22-6-1-7-23-19/h1-3,6-7,10-11,13H,4-5,8-9H2,(H,24,27)(H,28,29). The van der Waals surface area contributed by atoms with E-state index in [1.165, 1.54) is 29.5 Å². The summed E-state index contributed by atoms with van der Waals surface area (Å²) < 4.78 is 5.80. The maximum atomic E-state index is 12.5. The summed E-state index contributed by atoms with van der Waals surface area (Å²) in [5.74, 6) is -1.50. The van der Waals surface area contributed by atoms with E-state index in [1.54, 1.807) is 23.8 Å². The number of hydrogen-bond acceptors (Lipinski definition) is 8. The van der Waals surface area contributed by atoms with Gasteiger partial charge in [-0.05, 0) is 24.3 Å². The van der Waals surface area contributed by atoms with Gasteiger partial charge in [0.15, 0.2) is 5.13 Å². The molecule has 0 atom stereocenters. The van der Waals surface area contributed by atoms with Crippen LogP contribution in [-0.2, 0) is 0 Å². The summed E-state index contributed by atoms with van der Waals surface area (Å²) in [6.07, 6.45) is 4.92. The predicted molar refractivity (Wildman–Crippen MR) is 116 cm³/mol. The molecule has 3 heterocycles. The number of carbonyl (C=O) groups excluding carboxylic acids is 1. The number of anilines is 2. The van der Waals surface area contributed by atoms with Gasteiger partial charge in [0.2, 0.25) is 0 Å². The molecule has 1 aliphatic heterocycles. The van der Waals surface area contributed by atoms with Crippen molar-refractivity contribution in [3.05, 3.63) is 58.3 Å². The molecule has 1 aromatic carbocycles. The van der Waals surface area contributed by atoms with Gasteiger partial charge in [0, 0.05) is 43.7 Å². The SMILES string of the molecule is O=C(O)c1ccc(NC(=O)c2csc(N3CCC(Oc4ncccn4)CC3)n2)c(Cl)c1. The number of nitrogens with one attached hydrogen (secondary N) is 1. The van der Waals surface area contributed by atoms with Crippen molar-refractivity contribution in [2.24, 2.45) is 0 Å². The van der Waals surface area contributed by atoms with E-state index in [4.69, 9.17) is 21.4 Å². The van der Waals surface area contributed by atoms with Gasteiger partial charge in [0.1, 0.15) is 11.8 Å². The molecule has 0 radical (unpaired) electrons. The van der Waals surface area contributed by atoms with E-state index >= 15 is 0 Å². The summed E-state index contributed by atoms with van der Waals surface area (Å²) in [6, 6.07) is 6.24. The number of carbonyl (C=O) groups is 2. The Morgan fingerprint density at radius 2 is 1.97 bits per heavy atom. The van der Waals surface area contributed by atoms with Crippen LogP contribution in [0.15, 0.2) is 42.0 Å². The molecule has 9 nitrogen and oxygen atoms in total. The van der Waals surface area contributed by atoms with Gasteiger partial charge >= 0.3 is 12.0 Å². The third-order valence-electron chi connectivity index (χ3n) is 4.72. The van der Waals surface area contributed by atoms with Crippen molar-refractivity contribution in [2.75, 3.05) is 23.3 Å². The van der Waals surface area contributed by atoms with E-state index in [2.05, 4.69) is 25.2 Å². The van der Waals surface area contributed by atoms with Gasteiger partial charge in [-0.15, -0.1) is 11.3 Å². The van der Waals surface area contributed by atoms with Crippen LogP contribution in [-0.4, -0.2) is 51.1 Å². The van der Waals surface area contributed by atoms with Gasteiger partial charge in [-0.25, -0.2) is 19.7 Å². The first-order chi connectivity index (χ1) is 15.0. The summed E-state index contributed by atoms with van der Waals surface area (Å²) in [4.78, 5) is 38.3. The van der Waals surface area contributed by atoms with Crippen LogP contribution in [0.1, 0.15) is 33.7 Å². The Labute approximate surface area is 186 Å². The van der Waals surface area contributed by atoms with Crippen LogP contribution in [0.3, 0.4) is 0 Å². The van der Waals surface area contributed by atoms with Gasteiger partial charge in [0.25, 0.3) is 5.91 Å². The maximum absolute atomic E-state index is 12.5. The molecule has 0 aliphatic carbocycles. The molecule has 0 unspecified atom stereocenters. The lowest BCUT2D eigenvalue weighted by Gasteiger charge is -2.31. The minimum atomic E-state index is -1.09. The molecule has 1 aliphatic rings. The Balaban J connectivity index is 1.34. The Bertz CT molecular complexity index is 1090. The second-order valence-corrected chi connectivity index (χ2v) is 8.05. The van der Waals surface area contributed by atoms with Gasteiger partial charge in [-0.3, -0.25) is 4.79 Å². The molecular weight excluding hydrogens is 442 g/mol. The Morgan fingerprint density at radius 3 is 2.65 bits per heavy atom. The van der Waals surface area contributed by atoms with Crippen molar-refractivity contribution in [2.45, 2.75) is 18.9 Å². The summed E-state index contributed by atoms with van der Waals surface area (Å²) >= 11 is 7.47. The molecule has 3 aromatic rings. The van der Waals surface area contributed by atoms with Gasteiger partial charge in [0.05, 0.1) is 16.3 Å². The number of hydrogen-bond donors (Lipinski definition) is 2. The highest BCUT2D eigenvalue weighted by molar-refractivity contribution is 7.14. The summed E-state index contributed by atoms with van der Waals surface area (Å²) in [6.45, 7) is 1.49. The number of piperidine rings is 1. The number of aromatic carboxylic acids is 1. The van der Waals surface area contributed by atoms with Crippen LogP contribution < -0.4 is 15.0 Å².